The van der Waals surface area contributed by atoms with Crippen LogP contribution in [0.3, 0.4) is 0 Å². The summed E-state index contributed by atoms with van der Waals surface area (Å²) in [5.41, 5.74) is 10.7. The molecule has 1 aromatic carbocycles. The SMILES string of the molecule is Cc1cc(Cl)ccc1OC(C)C(=O)NC(C(N)=O)C(N)=O. The minimum absolute atomic E-state index is 0.455. The zero-order chi connectivity index (χ0) is 16.2. The first kappa shape index (κ1) is 16.8. The molecule has 0 bridgehead atoms. The van der Waals surface area contributed by atoms with E-state index in [0.717, 1.165) is 5.56 Å². The summed E-state index contributed by atoms with van der Waals surface area (Å²) < 4.78 is 5.45. The highest BCUT2D eigenvalue weighted by atomic mass is 35.5. The highest BCUT2D eigenvalue weighted by Crippen LogP contribution is 2.22. The number of amides is 3. The molecule has 1 unspecified atom stereocenters. The fraction of sp³-hybridized carbons (Fsp3) is 0.308. The number of hydrogen-bond acceptors (Lipinski definition) is 4. The van der Waals surface area contributed by atoms with Gasteiger partial charge in [0.05, 0.1) is 0 Å². The average molecular weight is 314 g/mol. The molecule has 1 aromatic rings. The predicted octanol–water partition coefficient (Wildman–Crippen LogP) is -0.129. The van der Waals surface area contributed by atoms with Crippen molar-refractivity contribution >= 4 is 29.3 Å². The van der Waals surface area contributed by atoms with Crippen molar-refractivity contribution in [2.24, 2.45) is 11.5 Å². The van der Waals surface area contributed by atoms with Gasteiger partial charge in [-0.05, 0) is 37.6 Å². The van der Waals surface area contributed by atoms with Crippen molar-refractivity contribution in [2.45, 2.75) is 26.0 Å². The number of rotatable bonds is 6. The molecule has 0 aliphatic carbocycles. The number of nitrogens with one attached hydrogen (secondary N) is 1. The Morgan fingerprint density at radius 2 is 1.81 bits per heavy atom. The Balaban J connectivity index is 2.74. The van der Waals surface area contributed by atoms with E-state index >= 15 is 0 Å². The van der Waals surface area contributed by atoms with Gasteiger partial charge in [-0.3, -0.25) is 14.4 Å². The van der Waals surface area contributed by atoms with Crippen molar-refractivity contribution in [2.75, 3.05) is 0 Å². The number of halogens is 1. The number of hydrogen-bond donors (Lipinski definition) is 3. The maximum Gasteiger partial charge on any atom is 0.261 e. The largest absolute Gasteiger partial charge is 0.481 e. The molecule has 1 rings (SSSR count). The predicted molar refractivity (Wildman–Crippen MR) is 76.6 cm³/mol. The minimum Gasteiger partial charge on any atom is -0.481 e. The number of aryl methyl sites for hydroxylation is 1. The van der Waals surface area contributed by atoms with E-state index in [9.17, 15) is 14.4 Å². The topological polar surface area (TPSA) is 125 Å². The van der Waals surface area contributed by atoms with Gasteiger partial charge in [0.1, 0.15) is 5.75 Å². The van der Waals surface area contributed by atoms with Crippen LogP contribution in [0, 0.1) is 6.92 Å². The van der Waals surface area contributed by atoms with Crippen LogP contribution in [0.15, 0.2) is 18.2 Å². The van der Waals surface area contributed by atoms with E-state index < -0.39 is 29.9 Å². The third kappa shape index (κ3) is 4.64. The molecular formula is C13H16ClN3O4. The van der Waals surface area contributed by atoms with E-state index in [0.29, 0.717) is 10.8 Å². The number of carbonyl (C=O) groups excluding carboxylic acids is 3. The van der Waals surface area contributed by atoms with E-state index in [1.807, 2.05) is 0 Å². The van der Waals surface area contributed by atoms with Crippen LogP contribution in [0.1, 0.15) is 12.5 Å². The van der Waals surface area contributed by atoms with E-state index in [1.165, 1.54) is 6.92 Å². The van der Waals surface area contributed by atoms with Crippen LogP contribution < -0.4 is 21.5 Å². The fourth-order valence-corrected chi connectivity index (χ4v) is 1.76. The molecule has 0 spiro atoms. The van der Waals surface area contributed by atoms with Gasteiger partial charge in [0, 0.05) is 5.02 Å². The van der Waals surface area contributed by atoms with Crippen LogP contribution in [0.4, 0.5) is 0 Å². The van der Waals surface area contributed by atoms with E-state index in [-0.39, 0.29) is 0 Å². The third-order valence-corrected chi connectivity index (χ3v) is 2.90. The molecule has 7 nitrogen and oxygen atoms in total. The molecule has 0 fully saturated rings. The zero-order valence-electron chi connectivity index (χ0n) is 11.6. The number of ether oxygens (including phenoxy) is 1. The number of primary amides is 2. The normalized spacial score (nSPS) is 11.8. The van der Waals surface area contributed by atoms with Crippen molar-refractivity contribution in [1.82, 2.24) is 5.32 Å². The molecule has 5 N–H and O–H groups in total. The van der Waals surface area contributed by atoms with Crippen LogP contribution >= 0.6 is 11.6 Å². The summed E-state index contributed by atoms with van der Waals surface area (Å²) in [6.07, 6.45) is -0.953. The van der Waals surface area contributed by atoms with Gasteiger partial charge < -0.3 is 21.5 Å². The van der Waals surface area contributed by atoms with Crippen molar-refractivity contribution in [3.05, 3.63) is 28.8 Å². The number of nitrogens with two attached hydrogens (primary N) is 2. The Hall–Kier alpha value is -2.28. The first-order chi connectivity index (χ1) is 9.72. The second-order valence-corrected chi connectivity index (χ2v) is 4.85. The van der Waals surface area contributed by atoms with Crippen LogP contribution in [0.25, 0.3) is 0 Å². The summed E-state index contributed by atoms with van der Waals surface area (Å²) >= 11 is 5.82. The Bertz CT molecular complexity index is 563. The molecule has 3 amide bonds. The van der Waals surface area contributed by atoms with Crippen LogP contribution in [0.5, 0.6) is 5.75 Å². The van der Waals surface area contributed by atoms with E-state index in [2.05, 4.69) is 5.32 Å². The van der Waals surface area contributed by atoms with Crippen molar-refractivity contribution in [3.63, 3.8) is 0 Å². The lowest BCUT2D eigenvalue weighted by molar-refractivity contribution is -0.136. The molecular weight excluding hydrogens is 298 g/mol. The Morgan fingerprint density at radius 1 is 1.24 bits per heavy atom. The zero-order valence-corrected chi connectivity index (χ0v) is 12.3. The van der Waals surface area contributed by atoms with Gasteiger partial charge in [0.25, 0.3) is 5.91 Å². The maximum atomic E-state index is 11.9. The Kier molecular flexibility index (Phi) is 5.54. The molecule has 0 heterocycles. The Morgan fingerprint density at radius 3 is 2.29 bits per heavy atom. The lowest BCUT2D eigenvalue weighted by Crippen LogP contribution is -2.55. The molecule has 0 aliphatic rings. The lowest BCUT2D eigenvalue weighted by Gasteiger charge is -2.18. The standard InChI is InChI=1S/C13H16ClN3O4/c1-6-5-8(14)3-4-9(6)21-7(2)13(20)17-10(11(15)18)12(16)19/h3-5,7,10H,1-2H3,(H2,15,18)(H2,16,19)(H,17,20). The third-order valence-electron chi connectivity index (χ3n) is 2.67. The van der Waals surface area contributed by atoms with Gasteiger partial charge in [-0.1, -0.05) is 11.6 Å². The molecule has 0 radical (unpaired) electrons. The number of carbonyl (C=O) groups is 3. The second kappa shape index (κ2) is 6.94. The van der Waals surface area contributed by atoms with Gasteiger partial charge in [-0.15, -0.1) is 0 Å². The molecule has 0 saturated heterocycles. The summed E-state index contributed by atoms with van der Waals surface area (Å²) in [6.45, 7) is 3.23. The molecule has 0 aliphatic heterocycles. The summed E-state index contributed by atoms with van der Waals surface area (Å²) in [6, 6.07) is 3.33. The minimum atomic E-state index is -1.57. The highest BCUT2D eigenvalue weighted by Gasteiger charge is 2.27. The summed E-state index contributed by atoms with van der Waals surface area (Å²) in [7, 11) is 0. The van der Waals surface area contributed by atoms with Gasteiger partial charge in [-0.2, -0.15) is 0 Å². The van der Waals surface area contributed by atoms with Crippen molar-refractivity contribution in [1.29, 1.82) is 0 Å². The second-order valence-electron chi connectivity index (χ2n) is 4.42. The first-order valence-corrected chi connectivity index (χ1v) is 6.42. The lowest BCUT2D eigenvalue weighted by atomic mass is 10.2. The maximum absolute atomic E-state index is 11.9. The first-order valence-electron chi connectivity index (χ1n) is 6.04. The quantitative estimate of drug-likeness (QED) is 0.633. The summed E-state index contributed by atoms with van der Waals surface area (Å²) in [5, 5.41) is 2.67. The highest BCUT2D eigenvalue weighted by molar-refractivity contribution is 6.30. The molecule has 114 valence electrons. The van der Waals surface area contributed by atoms with Gasteiger partial charge in [0.15, 0.2) is 12.1 Å². The van der Waals surface area contributed by atoms with Crippen molar-refractivity contribution < 1.29 is 19.1 Å². The van der Waals surface area contributed by atoms with Crippen LogP contribution in [0.2, 0.25) is 5.02 Å². The van der Waals surface area contributed by atoms with E-state index in [1.54, 1.807) is 25.1 Å². The fourth-order valence-electron chi connectivity index (χ4n) is 1.53. The average Bonchev–Trinajstić information content (AvgIpc) is 2.37. The number of benzene rings is 1. The molecule has 0 saturated carbocycles. The van der Waals surface area contributed by atoms with Crippen LogP contribution in [-0.2, 0) is 14.4 Å². The molecule has 0 aromatic heterocycles. The summed E-state index contributed by atoms with van der Waals surface area (Å²) in [4.78, 5) is 33.9. The summed E-state index contributed by atoms with van der Waals surface area (Å²) in [5.74, 6) is -2.31. The van der Waals surface area contributed by atoms with Crippen molar-refractivity contribution in [3.8, 4) is 5.75 Å². The molecule has 21 heavy (non-hydrogen) atoms. The van der Waals surface area contributed by atoms with Gasteiger partial charge in [-0.25, -0.2) is 0 Å². The monoisotopic (exact) mass is 313 g/mol. The Labute approximate surface area is 126 Å². The van der Waals surface area contributed by atoms with Crippen LogP contribution in [-0.4, -0.2) is 29.9 Å². The van der Waals surface area contributed by atoms with Gasteiger partial charge in [0.2, 0.25) is 11.8 Å². The smallest absolute Gasteiger partial charge is 0.261 e. The molecule has 8 heteroatoms. The van der Waals surface area contributed by atoms with E-state index in [4.69, 9.17) is 27.8 Å². The molecule has 1 atom stereocenters. The van der Waals surface area contributed by atoms with Gasteiger partial charge >= 0.3 is 0 Å².